The van der Waals surface area contributed by atoms with E-state index in [0.29, 0.717) is 12.6 Å². The van der Waals surface area contributed by atoms with Gasteiger partial charge in [-0.25, -0.2) is 4.98 Å². The zero-order valence-corrected chi connectivity index (χ0v) is 12.1. The Bertz CT molecular complexity index is 621. The number of rotatable bonds is 2. The summed E-state index contributed by atoms with van der Waals surface area (Å²) < 4.78 is 0. The summed E-state index contributed by atoms with van der Waals surface area (Å²) in [6, 6.07) is 13.3. The van der Waals surface area contributed by atoms with Crippen molar-refractivity contribution in [3.8, 4) is 0 Å². The van der Waals surface area contributed by atoms with E-state index in [9.17, 15) is 0 Å². The van der Waals surface area contributed by atoms with E-state index in [1.54, 1.807) is 0 Å². The number of benzene rings is 1. The van der Waals surface area contributed by atoms with E-state index in [2.05, 4.69) is 48.2 Å². The van der Waals surface area contributed by atoms with Gasteiger partial charge in [0.15, 0.2) is 0 Å². The third kappa shape index (κ3) is 2.18. The highest BCUT2D eigenvalue weighted by molar-refractivity contribution is 5.66. The first kappa shape index (κ1) is 13.1. The predicted molar refractivity (Wildman–Crippen MR) is 83.2 cm³/mol. The number of hydrogen-bond donors (Lipinski definition) is 1. The minimum absolute atomic E-state index is 0.473. The molecule has 0 fully saturated rings. The van der Waals surface area contributed by atoms with Crippen molar-refractivity contribution in [2.75, 3.05) is 4.90 Å². The van der Waals surface area contributed by atoms with Gasteiger partial charge in [0, 0.05) is 24.0 Å². The van der Waals surface area contributed by atoms with Crippen LogP contribution in [0.1, 0.15) is 30.2 Å². The van der Waals surface area contributed by atoms with E-state index in [-0.39, 0.29) is 0 Å². The van der Waals surface area contributed by atoms with Crippen molar-refractivity contribution in [2.45, 2.75) is 39.3 Å². The highest BCUT2D eigenvalue weighted by Gasteiger charge is 2.25. The van der Waals surface area contributed by atoms with Crippen LogP contribution in [-0.2, 0) is 13.0 Å². The zero-order valence-electron chi connectivity index (χ0n) is 12.1. The number of aromatic nitrogens is 1. The average molecular weight is 267 g/mol. The predicted octanol–water partition coefficient (Wildman–Crippen LogP) is 3.32. The molecule has 20 heavy (non-hydrogen) atoms. The largest absolute Gasteiger partial charge is 0.326 e. The van der Waals surface area contributed by atoms with Crippen LogP contribution in [0.25, 0.3) is 0 Å². The Labute approximate surface area is 120 Å². The molecular weight excluding hydrogens is 246 g/mol. The summed E-state index contributed by atoms with van der Waals surface area (Å²) in [4.78, 5) is 7.12. The average Bonchev–Trinajstić information content (AvgIpc) is 2.47. The molecule has 0 radical (unpaired) electrons. The highest BCUT2D eigenvalue weighted by atomic mass is 15.2. The summed E-state index contributed by atoms with van der Waals surface area (Å²) in [6.45, 7) is 4.85. The molecule has 1 aliphatic heterocycles. The van der Waals surface area contributed by atoms with Crippen molar-refractivity contribution in [1.82, 2.24) is 4.98 Å². The first-order valence-electron chi connectivity index (χ1n) is 7.24. The fraction of sp³-hybridized carbons (Fsp3) is 0.353. The fourth-order valence-electron chi connectivity index (χ4n) is 2.96. The van der Waals surface area contributed by atoms with E-state index in [4.69, 9.17) is 10.7 Å². The molecule has 3 nitrogen and oxygen atoms in total. The molecule has 2 N–H and O–H groups in total. The van der Waals surface area contributed by atoms with Crippen LogP contribution in [0, 0.1) is 6.92 Å². The van der Waals surface area contributed by atoms with Gasteiger partial charge in [0.2, 0.25) is 0 Å². The normalized spacial score (nSPS) is 17.9. The lowest BCUT2D eigenvalue weighted by Gasteiger charge is -2.36. The molecule has 1 atom stereocenters. The van der Waals surface area contributed by atoms with Crippen LogP contribution in [0.5, 0.6) is 0 Å². The maximum absolute atomic E-state index is 5.73. The van der Waals surface area contributed by atoms with Crippen molar-refractivity contribution < 1.29 is 0 Å². The molecule has 0 amide bonds. The summed E-state index contributed by atoms with van der Waals surface area (Å²) >= 11 is 0. The molecule has 0 saturated carbocycles. The maximum Gasteiger partial charge on any atom is 0.133 e. The van der Waals surface area contributed by atoms with Gasteiger partial charge in [-0.15, -0.1) is 0 Å². The monoisotopic (exact) mass is 267 g/mol. The molecule has 0 bridgehead atoms. The Morgan fingerprint density at radius 2 is 2.05 bits per heavy atom. The van der Waals surface area contributed by atoms with Crippen LogP contribution in [0.15, 0.2) is 36.4 Å². The van der Waals surface area contributed by atoms with Gasteiger partial charge in [-0.3, -0.25) is 0 Å². The van der Waals surface area contributed by atoms with Gasteiger partial charge in [0.05, 0.1) is 0 Å². The van der Waals surface area contributed by atoms with Crippen LogP contribution in [-0.4, -0.2) is 11.0 Å². The molecule has 2 aromatic rings. The number of pyridine rings is 1. The fourth-order valence-corrected chi connectivity index (χ4v) is 2.96. The molecule has 3 rings (SSSR count). The number of fused-ring (bicyclic) bond motifs is 1. The first-order chi connectivity index (χ1) is 9.70. The molecule has 1 aliphatic rings. The Morgan fingerprint density at radius 1 is 1.25 bits per heavy atom. The molecule has 0 saturated heterocycles. The number of nitrogens with two attached hydrogens (primary N) is 1. The second-order valence-corrected chi connectivity index (χ2v) is 5.50. The second-order valence-electron chi connectivity index (χ2n) is 5.50. The topological polar surface area (TPSA) is 42.2 Å². The van der Waals surface area contributed by atoms with Crippen LogP contribution in [0.4, 0.5) is 11.5 Å². The van der Waals surface area contributed by atoms with E-state index in [1.807, 2.05) is 6.92 Å². The number of para-hydroxylation sites is 1. The van der Waals surface area contributed by atoms with Crippen LogP contribution >= 0.6 is 0 Å². The van der Waals surface area contributed by atoms with Crippen molar-refractivity contribution >= 4 is 11.5 Å². The molecule has 104 valence electrons. The first-order valence-corrected chi connectivity index (χ1v) is 7.24. The van der Waals surface area contributed by atoms with Gasteiger partial charge in [0.25, 0.3) is 0 Å². The van der Waals surface area contributed by atoms with Crippen LogP contribution < -0.4 is 10.6 Å². The third-order valence-electron chi connectivity index (χ3n) is 4.17. The van der Waals surface area contributed by atoms with Gasteiger partial charge in [0.1, 0.15) is 5.82 Å². The number of hydrogen-bond acceptors (Lipinski definition) is 3. The van der Waals surface area contributed by atoms with Crippen molar-refractivity contribution in [3.05, 3.63) is 53.2 Å². The lowest BCUT2D eigenvalue weighted by molar-refractivity contribution is 0.613. The van der Waals surface area contributed by atoms with Gasteiger partial charge >= 0.3 is 0 Å². The molecular formula is C17H21N3. The highest BCUT2D eigenvalue weighted by Crippen LogP contribution is 2.35. The van der Waals surface area contributed by atoms with Crippen molar-refractivity contribution in [3.63, 3.8) is 0 Å². The van der Waals surface area contributed by atoms with E-state index >= 15 is 0 Å². The van der Waals surface area contributed by atoms with Crippen molar-refractivity contribution in [1.29, 1.82) is 0 Å². The second kappa shape index (κ2) is 5.25. The molecule has 0 aliphatic carbocycles. The van der Waals surface area contributed by atoms with Gasteiger partial charge in [-0.05, 0) is 49.9 Å². The third-order valence-corrected chi connectivity index (χ3v) is 4.17. The zero-order chi connectivity index (χ0) is 14.1. The quantitative estimate of drug-likeness (QED) is 0.907. The maximum atomic E-state index is 5.73. The summed E-state index contributed by atoms with van der Waals surface area (Å²) in [7, 11) is 0. The molecule has 1 aromatic heterocycles. The number of aryl methyl sites for hydroxylation is 2. The standard InChI is InChI=1S/C17H21N3/c1-12-7-8-14-5-3-4-6-16(14)20(12)17-10-9-15(11-18)13(2)19-17/h3-6,9-10,12H,7-8,11,18H2,1-2H3. The van der Waals surface area contributed by atoms with Gasteiger partial charge in [-0.2, -0.15) is 0 Å². The number of anilines is 2. The van der Waals surface area contributed by atoms with Crippen LogP contribution in [0.2, 0.25) is 0 Å². The SMILES string of the molecule is Cc1nc(N2c3ccccc3CCC2C)ccc1CN. The minimum atomic E-state index is 0.473. The molecule has 2 heterocycles. The van der Waals surface area contributed by atoms with E-state index < -0.39 is 0 Å². The molecule has 1 aromatic carbocycles. The summed E-state index contributed by atoms with van der Waals surface area (Å²) in [5, 5.41) is 0. The van der Waals surface area contributed by atoms with E-state index in [1.165, 1.54) is 11.3 Å². The molecule has 3 heteroatoms. The van der Waals surface area contributed by atoms with Gasteiger partial charge in [-0.1, -0.05) is 24.3 Å². The smallest absolute Gasteiger partial charge is 0.133 e. The molecule has 1 unspecified atom stereocenters. The Kier molecular flexibility index (Phi) is 3.45. The Balaban J connectivity index is 2.07. The Hall–Kier alpha value is -1.87. The lowest BCUT2D eigenvalue weighted by Crippen LogP contribution is -2.33. The van der Waals surface area contributed by atoms with E-state index in [0.717, 1.165) is 29.9 Å². The number of nitrogens with zero attached hydrogens (tertiary/aromatic N) is 2. The van der Waals surface area contributed by atoms with Crippen LogP contribution in [0.3, 0.4) is 0 Å². The lowest BCUT2D eigenvalue weighted by atomic mass is 9.96. The summed E-state index contributed by atoms with van der Waals surface area (Å²) in [6.07, 6.45) is 2.31. The minimum Gasteiger partial charge on any atom is -0.326 e. The summed E-state index contributed by atoms with van der Waals surface area (Å²) in [5.41, 5.74) is 10.6. The van der Waals surface area contributed by atoms with Gasteiger partial charge < -0.3 is 10.6 Å². The summed E-state index contributed by atoms with van der Waals surface area (Å²) in [5.74, 6) is 1.03. The van der Waals surface area contributed by atoms with Crippen molar-refractivity contribution in [2.24, 2.45) is 5.73 Å². The molecule has 0 spiro atoms. The Morgan fingerprint density at radius 3 is 2.80 bits per heavy atom.